The maximum absolute atomic E-state index is 2.56. The molecule has 0 aromatic carbocycles. The van der Waals surface area contributed by atoms with Gasteiger partial charge in [0.1, 0.15) is 0 Å². The third kappa shape index (κ3) is 0.492. The molecule has 0 spiro atoms. The van der Waals surface area contributed by atoms with Gasteiger partial charge in [0.15, 0.2) is 0 Å². The molecule has 4 atom stereocenters. The van der Waals surface area contributed by atoms with Crippen molar-refractivity contribution in [3.63, 3.8) is 0 Å². The SMILES string of the molecule is [CH]1CC2CC1C1C=CCC21. The molecular weight excluding hydrogens is 120 g/mol. The predicted octanol–water partition coefficient (Wildman–Crippen LogP) is 2.42. The highest BCUT2D eigenvalue weighted by molar-refractivity contribution is 5.16. The molecule has 1 radical (unpaired) electrons. The van der Waals surface area contributed by atoms with Crippen molar-refractivity contribution < 1.29 is 0 Å². The first-order valence-corrected chi connectivity index (χ1v) is 4.45. The molecule has 53 valence electrons. The van der Waals surface area contributed by atoms with Crippen LogP contribution in [0.25, 0.3) is 0 Å². The Hall–Kier alpha value is -0.260. The molecule has 0 N–H and O–H groups in total. The Morgan fingerprint density at radius 2 is 2.20 bits per heavy atom. The van der Waals surface area contributed by atoms with E-state index in [1.807, 2.05) is 0 Å². The maximum Gasteiger partial charge on any atom is -0.0168 e. The molecule has 3 aliphatic carbocycles. The van der Waals surface area contributed by atoms with Crippen LogP contribution < -0.4 is 0 Å². The van der Waals surface area contributed by atoms with E-state index >= 15 is 0 Å². The van der Waals surface area contributed by atoms with E-state index in [0.717, 1.165) is 23.7 Å². The van der Waals surface area contributed by atoms with Crippen molar-refractivity contribution in [2.75, 3.05) is 0 Å². The van der Waals surface area contributed by atoms with Crippen molar-refractivity contribution in [3.8, 4) is 0 Å². The van der Waals surface area contributed by atoms with Crippen LogP contribution in [0, 0.1) is 30.1 Å². The fraction of sp³-hybridized carbons (Fsp3) is 0.700. The Kier molecular flexibility index (Phi) is 0.898. The van der Waals surface area contributed by atoms with Crippen LogP contribution in [0.2, 0.25) is 0 Å². The van der Waals surface area contributed by atoms with Gasteiger partial charge in [-0.1, -0.05) is 12.2 Å². The Balaban J connectivity index is 1.97. The average Bonchev–Trinajstić information content (AvgIpc) is 2.60. The molecule has 10 heavy (non-hydrogen) atoms. The third-order valence-electron chi connectivity index (χ3n) is 3.68. The lowest BCUT2D eigenvalue weighted by Crippen LogP contribution is -2.16. The highest BCUT2D eigenvalue weighted by Crippen LogP contribution is 2.55. The van der Waals surface area contributed by atoms with Gasteiger partial charge in [0, 0.05) is 0 Å². The van der Waals surface area contributed by atoms with Gasteiger partial charge in [-0.15, -0.1) is 0 Å². The molecule has 0 aromatic heterocycles. The molecule has 4 unspecified atom stereocenters. The first-order valence-electron chi connectivity index (χ1n) is 4.45. The van der Waals surface area contributed by atoms with Crippen LogP contribution in [-0.2, 0) is 0 Å². The Morgan fingerprint density at radius 1 is 1.20 bits per heavy atom. The van der Waals surface area contributed by atoms with Gasteiger partial charge >= 0.3 is 0 Å². The van der Waals surface area contributed by atoms with Gasteiger partial charge in [-0.2, -0.15) is 0 Å². The molecule has 3 aliphatic rings. The number of hydrogen-bond donors (Lipinski definition) is 0. The highest BCUT2D eigenvalue weighted by atomic mass is 14.5. The zero-order valence-corrected chi connectivity index (χ0v) is 6.16. The standard InChI is InChI=1S/C10H13/c1-2-9-7-4-5-8(6-7)10(9)3-1/h1-2,4,7-10H,3,5-6H2. The molecule has 0 heteroatoms. The molecule has 2 bridgehead atoms. The lowest BCUT2D eigenvalue weighted by molar-refractivity contribution is 0.326. The molecule has 0 amide bonds. The summed E-state index contributed by atoms with van der Waals surface area (Å²) in [5.41, 5.74) is 0. The van der Waals surface area contributed by atoms with E-state index in [2.05, 4.69) is 18.6 Å². The minimum absolute atomic E-state index is 0.971. The topological polar surface area (TPSA) is 0 Å². The van der Waals surface area contributed by atoms with Crippen LogP contribution in [0.1, 0.15) is 19.3 Å². The predicted molar refractivity (Wildman–Crippen MR) is 41.3 cm³/mol. The zero-order chi connectivity index (χ0) is 6.55. The van der Waals surface area contributed by atoms with Crippen LogP contribution in [0.15, 0.2) is 12.2 Å². The summed E-state index contributed by atoms with van der Waals surface area (Å²) in [5.74, 6) is 4.09. The van der Waals surface area contributed by atoms with Crippen LogP contribution >= 0.6 is 0 Å². The second-order valence-electron chi connectivity index (χ2n) is 4.04. The number of rotatable bonds is 0. The summed E-state index contributed by atoms with van der Waals surface area (Å²) in [5, 5.41) is 0. The van der Waals surface area contributed by atoms with Gasteiger partial charge in [-0.05, 0) is 49.4 Å². The molecule has 0 aliphatic heterocycles. The summed E-state index contributed by atoms with van der Waals surface area (Å²) in [6.07, 6.45) is 11.7. The monoisotopic (exact) mass is 133 g/mol. The van der Waals surface area contributed by atoms with Crippen molar-refractivity contribution in [2.45, 2.75) is 19.3 Å². The number of fused-ring (bicyclic) bond motifs is 5. The molecule has 0 aromatic rings. The summed E-state index contributed by atoms with van der Waals surface area (Å²) in [6, 6.07) is 0. The van der Waals surface area contributed by atoms with Crippen LogP contribution in [-0.4, -0.2) is 0 Å². The molecule has 2 saturated carbocycles. The van der Waals surface area contributed by atoms with E-state index in [1.165, 1.54) is 19.3 Å². The first kappa shape index (κ1) is 5.40. The van der Waals surface area contributed by atoms with Gasteiger partial charge < -0.3 is 0 Å². The minimum atomic E-state index is 0.971. The summed E-state index contributed by atoms with van der Waals surface area (Å²) in [4.78, 5) is 0. The molecular formula is C10H13. The number of allylic oxidation sites excluding steroid dienone is 2. The molecule has 0 nitrogen and oxygen atoms in total. The van der Waals surface area contributed by atoms with Crippen molar-refractivity contribution in [3.05, 3.63) is 18.6 Å². The van der Waals surface area contributed by atoms with E-state index in [-0.39, 0.29) is 0 Å². The van der Waals surface area contributed by atoms with Gasteiger partial charge in [-0.3, -0.25) is 0 Å². The normalized spacial score (nSPS) is 56.0. The van der Waals surface area contributed by atoms with Gasteiger partial charge in [0.2, 0.25) is 0 Å². The Morgan fingerprint density at radius 3 is 3.10 bits per heavy atom. The van der Waals surface area contributed by atoms with Gasteiger partial charge in [0.05, 0.1) is 0 Å². The van der Waals surface area contributed by atoms with Gasteiger partial charge in [0.25, 0.3) is 0 Å². The largest absolute Gasteiger partial charge is 0.0879 e. The minimum Gasteiger partial charge on any atom is -0.0879 e. The van der Waals surface area contributed by atoms with Crippen LogP contribution in [0.3, 0.4) is 0 Å². The fourth-order valence-corrected chi connectivity index (χ4v) is 3.22. The second-order valence-corrected chi connectivity index (χ2v) is 4.04. The van der Waals surface area contributed by atoms with Gasteiger partial charge in [-0.25, -0.2) is 0 Å². The molecule has 2 fully saturated rings. The average molecular weight is 133 g/mol. The van der Waals surface area contributed by atoms with E-state index in [4.69, 9.17) is 0 Å². The first-order chi connectivity index (χ1) is 4.95. The lowest BCUT2D eigenvalue weighted by Gasteiger charge is -2.23. The quantitative estimate of drug-likeness (QED) is 0.445. The molecule has 3 rings (SSSR count). The van der Waals surface area contributed by atoms with E-state index < -0.39 is 0 Å². The van der Waals surface area contributed by atoms with Crippen molar-refractivity contribution >= 4 is 0 Å². The van der Waals surface area contributed by atoms with Crippen molar-refractivity contribution in [1.82, 2.24) is 0 Å². The van der Waals surface area contributed by atoms with Crippen molar-refractivity contribution in [2.24, 2.45) is 23.7 Å². The molecule has 0 heterocycles. The zero-order valence-electron chi connectivity index (χ0n) is 6.16. The van der Waals surface area contributed by atoms with Crippen LogP contribution in [0.4, 0.5) is 0 Å². The molecule has 0 saturated heterocycles. The maximum atomic E-state index is 2.56. The van der Waals surface area contributed by atoms with E-state index in [9.17, 15) is 0 Å². The summed E-state index contributed by atoms with van der Waals surface area (Å²) >= 11 is 0. The Bertz CT molecular complexity index is 180. The smallest absolute Gasteiger partial charge is 0.0168 e. The van der Waals surface area contributed by atoms with Crippen molar-refractivity contribution in [1.29, 1.82) is 0 Å². The third-order valence-corrected chi connectivity index (χ3v) is 3.68. The van der Waals surface area contributed by atoms with E-state index in [0.29, 0.717) is 0 Å². The second kappa shape index (κ2) is 1.66. The summed E-state index contributed by atoms with van der Waals surface area (Å²) in [7, 11) is 0. The van der Waals surface area contributed by atoms with Crippen LogP contribution in [0.5, 0.6) is 0 Å². The Labute approximate surface area is 62.3 Å². The van der Waals surface area contributed by atoms with E-state index in [1.54, 1.807) is 0 Å². The fourth-order valence-electron chi connectivity index (χ4n) is 3.22. The number of hydrogen-bond acceptors (Lipinski definition) is 0. The highest BCUT2D eigenvalue weighted by Gasteiger charge is 2.47. The lowest BCUT2D eigenvalue weighted by atomic mass is 9.82. The summed E-state index contributed by atoms with van der Waals surface area (Å²) < 4.78 is 0. The summed E-state index contributed by atoms with van der Waals surface area (Å²) in [6.45, 7) is 0.